The minimum atomic E-state index is -4.55. The molecule has 2 aliphatic rings. The standard InChI is InChI=1S/C11H8O5S.2C5Cl6/c12-11(13)9-5-7-3-1-2-4-8(7)6-10(9)17(14,15)16;2*6-1-2(7)4(9)5(10,11)3(1)8/h1-6H,(H,12,13)(H,14,15,16);;. The Kier molecular flexibility index (Phi) is 12.3. The van der Waals surface area contributed by atoms with Gasteiger partial charge in [0.25, 0.3) is 10.1 Å². The molecule has 4 rings (SSSR count). The topological polar surface area (TPSA) is 91.7 Å². The fourth-order valence-electron chi connectivity index (χ4n) is 2.73. The Morgan fingerprint density at radius 3 is 1.18 bits per heavy atom. The first-order valence-corrected chi connectivity index (χ1v) is 15.4. The minimum absolute atomic E-state index is 0.0394. The van der Waals surface area contributed by atoms with Crippen LogP contribution in [0.3, 0.4) is 0 Å². The molecule has 0 radical (unpaired) electrons. The first-order chi connectivity index (χ1) is 17.7. The van der Waals surface area contributed by atoms with Crippen molar-refractivity contribution in [3.8, 4) is 0 Å². The molecule has 212 valence electrons. The zero-order valence-corrected chi connectivity index (χ0v) is 27.9. The van der Waals surface area contributed by atoms with Gasteiger partial charge in [-0.25, -0.2) is 4.79 Å². The molecule has 0 bridgehead atoms. The Hall–Kier alpha value is 0.520. The summed E-state index contributed by atoms with van der Waals surface area (Å²) in [5.41, 5.74) is -0.439. The summed E-state index contributed by atoms with van der Waals surface area (Å²) in [7, 11) is -4.55. The number of benzene rings is 2. The monoisotopic (exact) mass is 792 g/mol. The number of alkyl halides is 4. The van der Waals surface area contributed by atoms with Gasteiger partial charge in [-0.15, -0.1) is 0 Å². The lowest BCUT2D eigenvalue weighted by Crippen LogP contribution is -2.09. The fourth-order valence-corrected chi connectivity index (χ4v) is 6.56. The van der Waals surface area contributed by atoms with Gasteiger partial charge in [-0.3, -0.25) is 4.55 Å². The van der Waals surface area contributed by atoms with E-state index in [0.29, 0.717) is 10.8 Å². The van der Waals surface area contributed by atoms with Crippen molar-refractivity contribution in [3.63, 3.8) is 0 Å². The van der Waals surface area contributed by atoms with Crippen molar-refractivity contribution >= 4 is 166 Å². The zero-order chi connectivity index (χ0) is 30.2. The summed E-state index contributed by atoms with van der Waals surface area (Å²) >= 11 is 67.6. The highest BCUT2D eigenvalue weighted by Crippen LogP contribution is 2.54. The van der Waals surface area contributed by atoms with E-state index in [1.165, 1.54) is 6.07 Å². The quantitative estimate of drug-likeness (QED) is 0.233. The first kappa shape index (κ1) is 35.7. The summed E-state index contributed by atoms with van der Waals surface area (Å²) in [5, 5.41) is 10.6. The van der Waals surface area contributed by atoms with Crippen LogP contribution in [0.1, 0.15) is 10.4 Å². The largest absolute Gasteiger partial charge is 0.478 e. The van der Waals surface area contributed by atoms with Gasteiger partial charge in [0.1, 0.15) is 4.90 Å². The van der Waals surface area contributed by atoms with E-state index in [1.807, 2.05) is 0 Å². The number of allylic oxidation sites excluding steroid dienone is 8. The molecule has 0 saturated heterocycles. The van der Waals surface area contributed by atoms with Crippen LogP contribution in [0.5, 0.6) is 0 Å². The predicted molar refractivity (Wildman–Crippen MR) is 165 cm³/mol. The molecule has 0 unspecified atom stereocenters. The normalized spacial score (nSPS) is 18.3. The maximum atomic E-state index is 11.1. The second-order valence-electron chi connectivity index (χ2n) is 7.14. The van der Waals surface area contributed by atoms with E-state index in [2.05, 4.69) is 0 Å². The van der Waals surface area contributed by atoms with Crippen molar-refractivity contribution in [1.82, 2.24) is 0 Å². The van der Waals surface area contributed by atoms with Gasteiger partial charge in [-0.1, -0.05) is 163 Å². The summed E-state index contributed by atoms with van der Waals surface area (Å²) in [4.78, 5) is 10.3. The number of carboxylic acid groups (broad SMARTS) is 1. The molecular weight excluding hydrogens is 790 g/mol. The molecule has 2 N–H and O–H groups in total. The average molecular weight is 798 g/mol. The Bertz CT molecular complexity index is 1480. The lowest BCUT2D eigenvalue weighted by Gasteiger charge is -2.11. The van der Waals surface area contributed by atoms with Crippen molar-refractivity contribution in [2.45, 2.75) is 13.6 Å². The molecule has 0 atom stereocenters. The van der Waals surface area contributed by atoms with Crippen LogP contribution in [-0.2, 0) is 10.1 Å². The molecule has 2 aromatic rings. The summed E-state index contributed by atoms with van der Waals surface area (Å²) < 4.78 is 28.2. The highest BCUT2D eigenvalue weighted by molar-refractivity contribution is 7.86. The zero-order valence-electron chi connectivity index (χ0n) is 18.0. The molecule has 0 fully saturated rings. The van der Waals surface area contributed by atoms with Crippen molar-refractivity contribution in [1.29, 1.82) is 0 Å². The predicted octanol–water partition coefficient (Wildman–Crippen LogP) is 10.9. The maximum Gasteiger partial charge on any atom is 0.337 e. The fraction of sp³-hybridized carbons (Fsp3) is 0.0952. The lowest BCUT2D eigenvalue weighted by molar-refractivity contribution is 0.0692. The second-order valence-corrected chi connectivity index (χ2v) is 14.2. The van der Waals surface area contributed by atoms with Gasteiger partial charge in [0.05, 0.1) is 45.8 Å². The highest BCUT2D eigenvalue weighted by atomic mass is 35.5. The number of rotatable bonds is 2. The molecule has 0 aliphatic heterocycles. The third-order valence-electron chi connectivity index (χ3n) is 4.62. The lowest BCUT2D eigenvalue weighted by atomic mass is 10.1. The average Bonchev–Trinajstić information content (AvgIpc) is 3.08. The van der Waals surface area contributed by atoms with E-state index >= 15 is 0 Å². The van der Waals surface area contributed by atoms with Crippen molar-refractivity contribution in [3.05, 3.63) is 82.2 Å². The van der Waals surface area contributed by atoms with Crippen molar-refractivity contribution in [2.24, 2.45) is 0 Å². The molecule has 0 heterocycles. The van der Waals surface area contributed by atoms with Crippen LogP contribution >= 0.6 is 139 Å². The van der Waals surface area contributed by atoms with Crippen LogP contribution in [0, 0.1) is 0 Å². The molecule has 0 spiro atoms. The molecule has 0 saturated carbocycles. The maximum absolute atomic E-state index is 11.1. The Labute approximate surface area is 282 Å². The van der Waals surface area contributed by atoms with Crippen LogP contribution in [0.25, 0.3) is 10.8 Å². The van der Waals surface area contributed by atoms with Gasteiger partial charge in [0.2, 0.25) is 0 Å². The Morgan fingerprint density at radius 2 is 0.949 bits per heavy atom. The van der Waals surface area contributed by atoms with Gasteiger partial charge < -0.3 is 5.11 Å². The third kappa shape index (κ3) is 7.73. The molecule has 18 heteroatoms. The van der Waals surface area contributed by atoms with Crippen LogP contribution in [0.2, 0.25) is 0 Å². The van der Waals surface area contributed by atoms with Gasteiger partial charge >= 0.3 is 5.97 Å². The number of carboxylic acids is 1. The summed E-state index contributed by atoms with van der Waals surface area (Å²) in [6, 6.07) is 9.07. The Morgan fingerprint density at radius 1 is 0.641 bits per heavy atom. The number of fused-ring (bicyclic) bond motifs is 1. The van der Waals surface area contributed by atoms with Crippen molar-refractivity contribution < 1.29 is 22.9 Å². The number of halogens is 12. The van der Waals surface area contributed by atoms with Crippen LogP contribution in [0.4, 0.5) is 0 Å². The van der Waals surface area contributed by atoms with Crippen molar-refractivity contribution in [2.75, 3.05) is 0 Å². The molecule has 5 nitrogen and oxygen atoms in total. The molecule has 2 aliphatic carbocycles. The molecule has 0 amide bonds. The van der Waals surface area contributed by atoms with Crippen LogP contribution in [-0.4, -0.2) is 32.7 Å². The molecule has 0 aromatic heterocycles. The number of carbonyl (C=O) groups is 1. The van der Waals surface area contributed by atoms with E-state index < -0.39 is 35.2 Å². The van der Waals surface area contributed by atoms with Gasteiger partial charge in [0.15, 0.2) is 8.67 Å². The van der Waals surface area contributed by atoms with E-state index in [4.69, 9.17) is 149 Å². The smallest absolute Gasteiger partial charge is 0.337 e. The van der Waals surface area contributed by atoms with Crippen LogP contribution < -0.4 is 0 Å². The van der Waals surface area contributed by atoms with Crippen LogP contribution in [0.15, 0.2) is 81.6 Å². The summed E-state index contributed by atoms with van der Waals surface area (Å²) in [6.07, 6.45) is 0. The molecular formula is C21H8Cl12O5S. The van der Waals surface area contributed by atoms with Gasteiger partial charge in [-0.2, -0.15) is 8.42 Å². The number of aromatic carboxylic acids is 1. The van der Waals surface area contributed by atoms with E-state index in [0.717, 1.165) is 6.07 Å². The van der Waals surface area contributed by atoms with E-state index in [9.17, 15) is 13.2 Å². The van der Waals surface area contributed by atoms with Gasteiger partial charge in [-0.05, 0) is 22.9 Å². The van der Waals surface area contributed by atoms with Gasteiger partial charge in [0, 0.05) is 0 Å². The number of hydrogen-bond acceptors (Lipinski definition) is 3. The molecule has 39 heavy (non-hydrogen) atoms. The molecule has 2 aromatic carbocycles. The SMILES string of the molecule is ClC1=C(Cl)C(Cl)(Cl)C(Cl)=C1Cl.ClC1=C(Cl)C(Cl)(Cl)C(Cl)=C1Cl.O=C(O)c1cc2ccccc2cc1S(=O)(=O)O. The highest BCUT2D eigenvalue weighted by Gasteiger charge is 2.43. The van der Waals surface area contributed by atoms with E-state index in [-0.39, 0.29) is 40.3 Å². The number of hydrogen-bond donors (Lipinski definition) is 2. The summed E-state index contributed by atoms with van der Waals surface area (Å²) in [5.74, 6) is -1.40. The minimum Gasteiger partial charge on any atom is -0.478 e. The Balaban J connectivity index is 0.000000214. The summed E-state index contributed by atoms with van der Waals surface area (Å²) in [6.45, 7) is 0. The van der Waals surface area contributed by atoms with E-state index in [1.54, 1.807) is 24.3 Å². The third-order valence-corrected chi connectivity index (χ3v) is 11.8. The first-order valence-electron chi connectivity index (χ1n) is 9.40. The second kappa shape index (κ2) is 13.4.